The lowest BCUT2D eigenvalue weighted by Crippen LogP contribution is -2.39. The number of carbonyl (C=O) groups excluding carboxylic acids is 1. The van der Waals surface area contributed by atoms with Gasteiger partial charge in [-0.15, -0.1) is 0 Å². The van der Waals surface area contributed by atoms with Gasteiger partial charge in [-0.25, -0.2) is 13.8 Å². The van der Waals surface area contributed by atoms with E-state index in [0.29, 0.717) is 15.7 Å². The molecule has 0 spiro atoms. The monoisotopic (exact) mass is 475 g/mol. The molecule has 1 amide bonds. The maximum atomic E-state index is 12.3. The van der Waals surface area contributed by atoms with Gasteiger partial charge in [0.15, 0.2) is 0 Å². The van der Waals surface area contributed by atoms with Crippen molar-refractivity contribution in [2.45, 2.75) is 0 Å². The Morgan fingerprint density at radius 3 is 2.66 bits per heavy atom. The average molecular weight is 476 g/mol. The molecule has 3 aromatic rings. The van der Waals surface area contributed by atoms with Gasteiger partial charge in [0.2, 0.25) is 10.0 Å². The second-order valence-corrected chi connectivity index (χ2v) is 9.08. The van der Waals surface area contributed by atoms with Crippen molar-refractivity contribution in [3.05, 3.63) is 70.7 Å². The fourth-order valence-corrected chi connectivity index (χ4v) is 4.02. The van der Waals surface area contributed by atoms with Gasteiger partial charge < -0.3 is 5.11 Å². The summed E-state index contributed by atoms with van der Waals surface area (Å²) in [4.78, 5) is 12.3. The first-order valence-corrected chi connectivity index (χ1v) is 11.2. The van der Waals surface area contributed by atoms with E-state index in [0.717, 1.165) is 21.3 Å². The van der Waals surface area contributed by atoms with E-state index in [9.17, 15) is 18.3 Å². The molecule has 0 saturated heterocycles. The zero-order valence-electron chi connectivity index (χ0n) is 15.4. The van der Waals surface area contributed by atoms with E-state index in [1.165, 1.54) is 6.21 Å². The van der Waals surface area contributed by atoms with Crippen LogP contribution in [0.25, 0.3) is 10.8 Å². The summed E-state index contributed by atoms with van der Waals surface area (Å²) < 4.78 is 25.9. The van der Waals surface area contributed by atoms with Gasteiger partial charge in [0.1, 0.15) is 12.3 Å². The van der Waals surface area contributed by atoms with E-state index in [2.05, 4.69) is 26.5 Å². The van der Waals surface area contributed by atoms with E-state index < -0.39 is 22.5 Å². The third kappa shape index (κ3) is 5.12. The number of benzene rings is 3. The standard InChI is InChI=1S/C20H18BrN3O4S/c1-29(27,28)24(16-7-4-6-15(21)11-16)13-20(26)23-22-12-18-17-8-3-2-5-14(17)9-10-19(18)25/h2-12,25H,13H2,1H3,(H,23,26)/b22-12-. The SMILES string of the molecule is CS(=O)(=O)N(CC(=O)N/N=C\c1c(O)ccc2ccccc12)c1cccc(Br)c1. The smallest absolute Gasteiger partial charge is 0.260 e. The van der Waals surface area contributed by atoms with Gasteiger partial charge in [-0.3, -0.25) is 9.10 Å². The van der Waals surface area contributed by atoms with Gasteiger partial charge in [0.25, 0.3) is 5.91 Å². The second kappa shape index (κ2) is 8.62. The molecule has 2 N–H and O–H groups in total. The number of nitrogens with zero attached hydrogens (tertiary/aromatic N) is 2. The number of hydrogen-bond donors (Lipinski definition) is 2. The lowest BCUT2D eigenvalue weighted by Gasteiger charge is -2.21. The highest BCUT2D eigenvalue weighted by Crippen LogP contribution is 2.25. The molecule has 0 atom stereocenters. The molecule has 0 unspecified atom stereocenters. The zero-order chi connectivity index (χ0) is 21.0. The van der Waals surface area contributed by atoms with Crippen LogP contribution in [-0.4, -0.2) is 38.4 Å². The molecular formula is C20H18BrN3O4S. The fourth-order valence-electron chi connectivity index (χ4n) is 2.79. The number of rotatable bonds is 6. The summed E-state index contributed by atoms with van der Waals surface area (Å²) in [6.07, 6.45) is 2.36. The Kier molecular flexibility index (Phi) is 6.19. The van der Waals surface area contributed by atoms with E-state index >= 15 is 0 Å². The molecule has 0 radical (unpaired) electrons. The Balaban J connectivity index is 1.77. The number of sulfonamides is 1. The van der Waals surface area contributed by atoms with E-state index in [1.807, 2.05) is 24.3 Å². The summed E-state index contributed by atoms with van der Waals surface area (Å²) in [7, 11) is -3.68. The van der Waals surface area contributed by atoms with Crippen molar-refractivity contribution in [2.24, 2.45) is 5.10 Å². The van der Waals surface area contributed by atoms with Crippen molar-refractivity contribution in [2.75, 3.05) is 17.1 Å². The third-order valence-corrected chi connectivity index (χ3v) is 5.75. The molecular weight excluding hydrogens is 458 g/mol. The van der Waals surface area contributed by atoms with Gasteiger partial charge in [0, 0.05) is 10.0 Å². The zero-order valence-corrected chi connectivity index (χ0v) is 17.8. The molecule has 29 heavy (non-hydrogen) atoms. The molecule has 0 fully saturated rings. The van der Waals surface area contributed by atoms with Crippen LogP contribution in [0.4, 0.5) is 5.69 Å². The first kappa shape index (κ1) is 20.8. The third-order valence-electron chi connectivity index (χ3n) is 4.11. The van der Waals surface area contributed by atoms with Crippen LogP contribution in [0.5, 0.6) is 5.75 Å². The number of hydrogen-bond acceptors (Lipinski definition) is 5. The molecule has 3 aromatic carbocycles. The van der Waals surface area contributed by atoms with Gasteiger partial charge in [0.05, 0.1) is 18.2 Å². The van der Waals surface area contributed by atoms with E-state index in [-0.39, 0.29) is 5.75 Å². The molecule has 0 aliphatic heterocycles. The van der Waals surface area contributed by atoms with Crippen molar-refractivity contribution >= 4 is 54.5 Å². The summed E-state index contributed by atoms with van der Waals surface area (Å²) >= 11 is 3.29. The van der Waals surface area contributed by atoms with E-state index in [4.69, 9.17) is 0 Å². The number of aromatic hydroxyl groups is 1. The average Bonchev–Trinajstić information content (AvgIpc) is 2.67. The van der Waals surface area contributed by atoms with Crippen molar-refractivity contribution < 1.29 is 18.3 Å². The maximum Gasteiger partial charge on any atom is 0.260 e. The molecule has 7 nitrogen and oxygen atoms in total. The van der Waals surface area contributed by atoms with Crippen molar-refractivity contribution in [3.63, 3.8) is 0 Å². The van der Waals surface area contributed by atoms with Crippen LogP contribution in [0, 0.1) is 0 Å². The van der Waals surface area contributed by atoms with Crippen LogP contribution in [0.1, 0.15) is 5.56 Å². The lowest BCUT2D eigenvalue weighted by molar-refractivity contribution is -0.119. The van der Waals surface area contributed by atoms with Crippen LogP contribution in [-0.2, 0) is 14.8 Å². The van der Waals surface area contributed by atoms with Gasteiger partial charge in [-0.05, 0) is 35.0 Å². The molecule has 3 rings (SSSR count). The number of amides is 1. The normalized spacial score (nSPS) is 11.7. The summed E-state index contributed by atoms with van der Waals surface area (Å²) in [5.74, 6) is -0.597. The Bertz CT molecular complexity index is 1200. The number of phenolic OH excluding ortho intramolecular Hbond substituents is 1. The molecule has 0 aliphatic rings. The fraction of sp³-hybridized carbons (Fsp3) is 0.100. The van der Waals surface area contributed by atoms with Crippen LogP contribution in [0.15, 0.2) is 70.2 Å². The Hall–Kier alpha value is -2.91. The number of hydrazone groups is 1. The predicted octanol–water partition coefficient (Wildman–Crippen LogP) is 3.22. The second-order valence-electron chi connectivity index (χ2n) is 6.26. The highest BCUT2D eigenvalue weighted by Gasteiger charge is 2.20. The van der Waals surface area contributed by atoms with E-state index in [1.54, 1.807) is 36.4 Å². The molecule has 0 bridgehead atoms. The molecule has 0 saturated carbocycles. The highest BCUT2D eigenvalue weighted by atomic mass is 79.9. The van der Waals surface area contributed by atoms with Gasteiger partial charge in [-0.1, -0.05) is 52.3 Å². The first-order valence-electron chi connectivity index (χ1n) is 8.51. The minimum atomic E-state index is -3.68. The number of nitrogens with one attached hydrogen (secondary N) is 1. The summed E-state index contributed by atoms with van der Waals surface area (Å²) in [6.45, 7) is -0.436. The Morgan fingerprint density at radius 1 is 1.17 bits per heavy atom. The number of phenols is 1. The molecule has 0 heterocycles. The van der Waals surface area contributed by atoms with Crippen LogP contribution in [0.2, 0.25) is 0 Å². The first-order chi connectivity index (χ1) is 13.8. The summed E-state index contributed by atoms with van der Waals surface area (Å²) in [6, 6.07) is 17.4. The summed E-state index contributed by atoms with van der Waals surface area (Å²) in [5, 5.41) is 15.7. The molecule has 9 heteroatoms. The predicted molar refractivity (Wildman–Crippen MR) is 118 cm³/mol. The van der Waals surface area contributed by atoms with Crippen molar-refractivity contribution in [1.29, 1.82) is 0 Å². The van der Waals surface area contributed by atoms with Crippen molar-refractivity contribution in [3.8, 4) is 5.75 Å². The van der Waals surface area contributed by atoms with Crippen molar-refractivity contribution in [1.82, 2.24) is 5.43 Å². The minimum Gasteiger partial charge on any atom is -0.507 e. The van der Waals surface area contributed by atoms with Crippen LogP contribution in [0.3, 0.4) is 0 Å². The topological polar surface area (TPSA) is 99.1 Å². The van der Waals surface area contributed by atoms with Crippen LogP contribution >= 0.6 is 15.9 Å². The van der Waals surface area contributed by atoms with Gasteiger partial charge >= 0.3 is 0 Å². The highest BCUT2D eigenvalue weighted by molar-refractivity contribution is 9.10. The number of carbonyl (C=O) groups is 1. The Labute approximate surface area is 176 Å². The van der Waals surface area contributed by atoms with Gasteiger partial charge in [-0.2, -0.15) is 5.10 Å². The molecule has 0 aromatic heterocycles. The maximum absolute atomic E-state index is 12.3. The quantitative estimate of drug-likeness (QED) is 0.422. The summed E-state index contributed by atoms with van der Waals surface area (Å²) in [5.41, 5.74) is 3.12. The number of fused-ring (bicyclic) bond motifs is 1. The minimum absolute atomic E-state index is 0.0218. The number of halogens is 1. The largest absolute Gasteiger partial charge is 0.507 e. The Morgan fingerprint density at radius 2 is 1.93 bits per heavy atom. The number of anilines is 1. The molecule has 150 valence electrons. The molecule has 0 aliphatic carbocycles. The van der Waals surface area contributed by atoms with Crippen LogP contribution < -0.4 is 9.73 Å². The lowest BCUT2D eigenvalue weighted by atomic mass is 10.0.